The monoisotopic (exact) mass is 269 g/mol. The maximum absolute atomic E-state index is 12.7. The highest BCUT2D eigenvalue weighted by atomic mass is 19.4. The molecule has 18 heavy (non-hydrogen) atoms. The number of aliphatic carboxylic acids is 1. The minimum atomic E-state index is -5.17. The first-order chi connectivity index (χ1) is 8.24. The van der Waals surface area contributed by atoms with Crippen molar-refractivity contribution in [2.24, 2.45) is 0 Å². The van der Waals surface area contributed by atoms with Gasteiger partial charge in [-0.3, -0.25) is 9.59 Å². The van der Waals surface area contributed by atoms with Crippen molar-refractivity contribution in [1.29, 1.82) is 0 Å². The van der Waals surface area contributed by atoms with E-state index in [2.05, 4.69) is 4.74 Å². The van der Waals surface area contributed by atoms with Gasteiger partial charge in [0.1, 0.15) is 6.67 Å². The van der Waals surface area contributed by atoms with Crippen LogP contribution in [0.1, 0.15) is 11.1 Å². The smallest absolute Gasteiger partial charge is 0.481 e. The van der Waals surface area contributed by atoms with Crippen LogP contribution in [0.25, 0.3) is 0 Å². The highest BCUT2D eigenvalue weighted by Gasteiger charge is 2.34. The van der Waals surface area contributed by atoms with Gasteiger partial charge in [-0.05, 0) is 5.56 Å². The topological polar surface area (TPSA) is 79.4 Å². The van der Waals surface area contributed by atoms with Crippen LogP contribution in [0.2, 0.25) is 0 Å². The number of hydrogen-bond donors (Lipinski definition) is 2. The van der Waals surface area contributed by atoms with E-state index in [1.165, 1.54) is 0 Å². The summed E-state index contributed by atoms with van der Waals surface area (Å²) < 4.78 is 52.1. The van der Waals surface area contributed by atoms with Crippen LogP contribution >= 0.6 is 0 Å². The molecule has 0 aliphatic rings. The van der Waals surface area contributed by atoms with Gasteiger partial charge in [-0.25, -0.2) is 4.39 Å². The third kappa shape index (κ3) is 3.47. The normalized spacial score (nSPS) is 11.3. The Morgan fingerprint density at radius 3 is 2.50 bits per heavy atom. The summed E-state index contributed by atoms with van der Waals surface area (Å²) in [6.07, 6.45) is -5.06. The van der Waals surface area contributed by atoms with Gasteiger partial charge >= 0.3 is 12.3 Å². The molecule has 0 bridgehead atoms. The van der Waals surface area contributed by atoms with Crippen LogP contribution in [-0.2, 0) is 17.9 Å². The second-order valence-electron chi connectivity index (χ2n) is 3.20. The first-order valence-electron chi connectivity index (χ1n) is 4.51. The van der Waals surface area contributed by atoms with Crippen LogP contribution in [-0.4, -0.2) is 22.4 Å². The fourth-order valence-electron chi connectivity index (χ4n) is 1.28. The van der Waals surface area contributed by atoms with Crippen molar-refractivity contribution in [3.05, 3.63) is 27.7 Å². The highest BCUT2D eigenvalue weighted by Crippen LogP contribution is 2.25. The number of carboxylic acids is 1. The Labute approximate surface area is 97.0 Å². The summed E-state index contributed by atoms with van der Waals surface area (Å²) in [5.41, 5.74) is -2.29. The van der Waals surface area contributed by atoms with Crippen molar-refractivity contribution in [2.75, 3.05) is 0 Å². The summed E-state index contributed by atoms with van der Waals surface area (Å²) >= 11 is 0. The van der Waals surface area contributed by atoms with Gasteiger partial charge in [0, 0.05) is 11.8 Å². The summed E-state index contributed by atoms with van der Waals surface area (Å²) in [7, 11) is 0. The summed E-state index contributed by atoms with van der Waals surface area (Å²) in [5, 5.41) is 8.50. The predicted molar refractivity (Wildman–Crippen MR) is 49.9 cm³/mol. The average molecular weight is 269 g/mol. The maximum atomic E-state index is 12.7. The van der Waals surface area contributed by atoms with E-state index in [0.29, 0.717) is 0 Å². The van der Waals surface area contributed by atoms with Crippen LogP contribution in [0.4, 0.5) is 17.6 Å². The minimum Gasteiger partial charge on any atom is -0.481 e. The molecule has 0 aromatic carbocycles. The number of hydrogen-bond acceptors (Lipinski definition) is 3. The number of rotatable bonds is 4. The van der Waals surface area contributed by atoms with E-state index < -0.39 is 42.3 Å². The molecule has 1 aromatic heterocycles. The molecule has 0 aliphatic carbocycles. The first kappa shape index (κ1) is 14.0. The van der Waals surface area contributed by atoms with Crippen molar-refractivity contribution in [3.63, 3.8) is 0 Å². The summed E-state index contributed by atoms with van der Waals surface area (Å²) in [6.45, 7) is -1.45. The number of halogens is 4. The van der Waals surface area contributed by atoms with E-state index in [4.69, 9.17) is 5.11 Å². The number of nitrogens with one attached hydrogen (secondary N) is 1. The maximum Gasteiger partial charge on any atom is 0.573 e. The summed E-state index contributed by atoms with van der Waals surface area (Å²) in [4.78, 5) is 23.4. The van der Waals surface area contributed by atoms with Crippen molar-refractivity contribution in [1.82, 2.24) is 4.98 Å². The van der Waals surface area contributed by atoms with E-state index in [9.17, 15) is 27.2 Å². The lowest BCUT2D eigenvalue weighted by atomic mass is 10.1. The predicted octanol–water partition coefficient (Wildman–Crippen LogP) is 1.37. The molecule has 5 nitrogen and oxygen atoms in total. The number of ether oxygens (including phenoxy) is 1. The number of carbonyl (C=O) groups is 1. The quantitative estimate of drug-likeness (QED) is 0.809. The Morgan fingerprint density at radius 2 is 2.06 bits per heavy atom. The highest BCUT2D eigenvalue weighted by molar-refractivity contribution is 5.71. The minimum absolute atomic E-state index is 0.288. The number of H-pyrrole nitrogens is 1. The van der Waals surface area contributed by atoms with E-state index in [1.54, 1.807) is 0 Å². The molecule has 100 valence electrons. The van der Waals surface area contributed by atoms with E-state index >= 15 is 0 Å². The molecule has 0 saturated heterocycles. The van der Waals surface area contributed by atoms with Crippen LogP contribution in [0, 0.1) is 0 Å². The van der Waals surface area contributed by atoms with Crippen molar-refractivity contribution < 1.29 is 32.2 Å². The second kappa shape index (κ2) is 5.07. The van der Waals surface area contributed by atoms with Gasteiger partial charge in [-0.2, -0.15) is 0 Å². The van der Waals surface area contributed by atoms with Gasteiger partial charge in [0.25, 0.3) is 5.56 Å². The Morgan fingerprint density at radius 1 is 1.44 bits per heavy atom. The van der Waals surface area contributed by atoms with Crippen LogP contribution in [0.15, 0.2) is 11.0 Å². The lowest BCUT2D eigenvalue weighted by molar-refractivity contribution is -0.275. The zero-order valence-electron chi connectivity index (χ0n) is 8.68. The third-order valence-corrected chi connectivity index (χ3v) is 1.94. The van der Waals surface area contributed by atoms with Crippen LogP contribution in [0.5, 0.6) is 5.75 Å². The van der Waals surface area contributed by atoms with Gasteiger partial charge in [0.05, 0.1) is 6.42 Å². The zero-order valence-corrected chi connectivity index (χ0v) is 8.68. The molecule has 1 aromatic rings. The van der Waals surface area contributed by atoms with E-state index in [1.807, 2.05) is 4.98 Å². The van der Waals surface area contributed by atoms with Crippen LogP contribution in [0.3, 0.4) is 0 Å². The molecule has 1 rings (SSSR count). The average Bonchev–Trinajstić information content (AvgIpc) is 2.20. The fraction of sp³-hybridized carbons (Fsp3) is 0.333. The van der Waals surface area contributed by atoms with Crippen molar-refractivity contribution in [3.8, 4) is 5.75 Å². The summed E-state index contributed by atoms with van der Waals surface area (Å²) in [5.74, 6) is -2.65. The molecule has 1 heterocycles. The number of aromatic nitrogens is 1. The molecule has 0 fully saturated rings. The standard InChI is InChI=1S/C9H7F4NO4/c10-2-5-4(1-6(15)16)3-14-8(17)7(5)18-9(11,12)13/h3H,1-2H2,(H,14,17)(H,15,16). The van der Waals surface area contributed by atoms with Gasteiger partial charge in [0.2, 0.25) is 5.75 Å². The molecule has 0 radical (unpaired) electrons. The molecule has 0 amide bonds. The fourth-order valence-corrected chi connectivity index (χ4v) is 1.28. The van der Waals surface area contributed by atoms with Gasteiger partial charge in [-0.15, -0.1) is 13.2 Å². The third-order valence-electron chi connectivity index (χ3n) is 1.94. The molecule has 2 N–H and O–H groups in total. The molecular formula is C9H7F4NO4. The van der Waals surface area contributed by atoms with E-state index in [-0.39, 0.29) is 5.56 Å². The van der Waals surface area contributed by atoms with E-state index in [0.717, 1.165) is 6.20 Å². The SMILES string of the molecule is O=C(O)Cc1c[nH]c(=O)c(OC(F)(F)F)c1CF. The lowest BCUT2D eigenvalue weighted by Gasteiger charge is -2.12. The number of aromatic amines is 1. The number of pyridine rings is 1. The van der Waals surface area contributed by atoms with Gasteiger partial charge in [0.15, 0.2) is 0 Å². The van der Waals surface area contributed by atoms with Gasteiger partial charge < -0.3 is 14.8 Å². The number of alkyl halides is 4. The van der Waals surface area contributed by atoms with Crippen molar-refractivity contribution >= 4 is 5.97 Å². The molecule has 9 heteroatoms. The largest absolute Gasteiger partial charge is 0.573 e. The van der Waals surface area contributed by atoms with Crippen LogP contribution < -0.4 is 10.3 Å². The Balaban J connectivity index is 3.30. The molecule has 0 atom stereocenters. The molecule has 0 saturated carbocycles. The second-order valence-corrected chi connectivity index (χ2v) is 3.20. The number of carboxylic acid groups (broad SMARTS) is 1. The lowest BCUT2D eigenvalue weighted by Crippen LogP contribution is -2.25. The zero-order chi connectivity index (χ0) is 13.9. The molecular weight excluding hydrogens is 262 g/mol. The Hall–Kier alpha value is -2.06. The van der Waals surface area contributed by atoms with Crippen molar-refractivity contribution in [2.45, 2.75) is 19.5 Å². The molecule has 0 spiro atoms. The Bertz CT molecular complexity index is 508. The first-order valence-corrected chi connectivity index (χ1v) is 4.51. The molecule has 0 aliphatic heterocycles. The summed E-state index contributed by atoms with van der Waals surface area (Å²) in [6, 6.07) is 0. The van der Waals surface area contributed by atoms with Gasteiger partial charge in [-0.1, -0.05) is 0 Å². The molecule has 0 unspecified atom stereocenters. The Kier molecular flexibility index (Phi) is 3.94.